The molecule has 0 bridgehead atoms. The summed E-state index contributed by atoms with van der Waals surface area (Å²) in [5.74, 6) is -2.24. The number of hydrogen-bond acceptors (Lipinski definition) is 4. The van der Waals surface area contributed by atoms with Gasteiger partial charge in [0.1, 0.15) is 11.3 Å². The predicted octanol–water partition coefficient (Wildman–Crippen LogP) is 2.12. The van der Waals surface area contributed by atoms with Gasteiger partial charge >= 0.3 is 6.09 Å². The maximum absolute atomic E-state index is 13.4. The van der Waals surface area contributed by atoms with Crippen molar-refractivity contribution in [2.75, 3.05) is 0 Å². The lowest BCUT2D eigenvalue weighted by molar-refractivity contribution is 0.112. The van der Waals surface area contributed by atoms with Gasteiger partial charge in [0.15, 0.2) is 24.5 Å². The highest BCUT2D eigenvalue weighted by Crippen LogP contribution is 2.27. The number of carbonyl (C=O) groups excluding carboxylic acids is 2. The van der Waals surface area contributed by atoms with Gasteiger partial charge in [-0.05, 0) is 12.1 Å². The molecular formula is C11H7F2NO4. The fourth-order valence-corrected chi connectivity index (χ4v) is 1.51. The van der Waals surface area contributed by atoms with Crippen LogP contribution in [-0.4, -0.2) is 12.4 Å². The maximum Gasteiger partial charge on any atom is 0.404 e. The van der Waals surface area contributed by atoms with Crippen LogP contribution in [0.3, 0.4) is 0 Å². The lowest BCUT2D eigenvalue weighted by atomic mass is 10.1. The van der Waals surface area contributed by atoms with Gasteiger partial charge in [0, 0.05) is 0 Å². The minimum atomic E-state index is -1.16. The summed E-state index contributed by atoms with van der Waals surface area (Å²) in [7, 11) is 0. The molecule has 1 aromatic heterocycles. The summed E-state index contributed by atoms with van der Waals surface area (Å²) in [5.41, 5.74) is 4.52. The Morgan fingerprint density at radius 1 is 1.44 bits per heavy atom. The van der Waals surface area contributed by atoms with Crippen molar-refractivity contribution >= 4 is 23.3 Å². The summed E-state index contributed by atoms with van der Waals surface area (Å²) < 4.78 is 36.1. The third kappa shape index (κ3) is 2.02. The van der Waals surface area contributed by atoms with E-state index in [9.17, 15) is 18.4 Å². The quantitative estimate of drug-likeness (QED) is 0.851. The molecule has 0 saturated carbocycles. The van der Waals surface area contributed by atoms with Gasteiger partial charge in [-0.2, -0.15) is 0 Å². The van der Waals surface area contributed by atoms with Crippen LogP contribution < -0.4 is 5.73 Å². The SMILES string of the molecule is NC(=O)OCc1cc2c(F)c(F)cc(C=O)c2o1. The monoisotopic (exact) mass is 255 g/mol. The number of rotatable bonds is 3. The van der Waals surface area contributed by atoms with Gasteiger partial charge in [-0.1, -0.05) is 0 Å². The van der Waals surface area contributed by atoms with Crippen molar-refractivity contribution in [3.63, 3.8) is 0 Å². The number of amides is 1. The van der Waals surface area contributed by atoms with Crippen molar-refractivity contribution in [1.82, 2.24) is 0 Å². The highest BCUT2D eigenvalue weighted by atomic mass is 19.2. The number of nitrogens with two attached hydrogens (primary N) is 1. The molecule has 0 saturated heterocycles. The number of fused-ring (bicyclic) bond motifs is 1. The van der Waals surface area contributed by atoms with E-state index < -0.39 is 17.7 Å². The molecule has 7 heteroatoms. The van der Waals surface area contributed by atoms with E-state index in [4.69, 9.17) is 10.2 Å². The molecule has 0 aliphatic carbocycles. The Hall–Kier alpha value is -2.44. The van der Waals surface area contributed by atoms with E-state index >= 15 is 0 Å². The van der Waals surface area contributed by atoms with Crippen LogP contribution in [0.4, 0.5) is 13.6 Å². The third-order valence-electron chi connectivity index (χ3n) is 2.26. The first kappa shape index (κ1) is 12.0. The zero-order chi connectivity index (χ0) is 13.3. The molecule has 18 heavy (non-hydrogen) atoms. The van der Waals surface area contributed by atoms with E-state index in [0.29, 0.717) is 6.29 Å². The van der Waals surface area contributed by atoms with Crippen LogP contribution in [0.1, 0.15) is 16.1 Å². The Morgan fingerprint density at radius 3 is 2.78 bits per heavy atom. The van der Waals surface area contributed by atoms with Crippen LogP contribution >= 0.6 is 0 Å². The molecule has 0 spiro atoms. The number of aldehydes is 1. The summed E-state index contributed by atoms with van der Waals surface area (Å²) in [4.78, 5) is 21.1. The minimum Gasteiger partial charge on any atom is -0.457 e. The van der Waals surface area contributed by atoms with Gasteiger partial charge < -0.3 is 14.9 Å². The topological polar surface area (TPSA) is 82.5 Å². The molecule has 2 N–H and O–H groups in total. The number of carbonyl (C=O) groups is 2. The zero-order valence-electron chi connectivity index (χ0n) is 8.91. The summed E-state index contributed by atoms with van der Waals surface area (Å²) >= 11 is 0. The van der Waals surface area contributed by atoms with Gasteiger partial charge in [-0.3, -0.25) is 4.79 Å². The van der Waals surface area contributed by atoms with E-state index in [2.05, 4.69) is 4.74 Å². The van der Waals surface area contributed by atoms with Crippen LogP contribution in [0, 0.1) is 11.6 Å². The molecule has 0 aliphatic heterocycles. The van der Waals surface area contributed by atoms with Gasteiger partial charge in [0.05, 0.1) is 10.9 Å². The second kappa shape index (κ2) is 4.44. The third-order valence-corrected chi connectivity index (χ3v) is 2.26. The van der Waals surface area contributed by atoms with Gasteiger partial charge in [-0.15, -0.1) is 0 Å². The summed E-state index contributed by atoms with van der Waals surface area (Å²) in [6, 6.07) is 1.87. The van der Waals surface area contributed by atoms with E-state index in [-0.39, 0.29) is 28.9 Å². The zero-order valence-corrected chi connectivity index (χ0v) is 8.91. The first-order valence-electron chi connectivity index (χ1n) is 4.80. The Labute approximate surface area is 99.1 Å². The number of primary amides is 1. The van der Waals surface area contributed by atoms with E-state index in [1.807, 2.05) is 0 Å². The summed E-state index contributed by atoms with van der Waals surface area (Å²) in [5, 5.41) is -0.194. The molecule has 0 unspecified atom stereocenters. The maximum atomic E-state index is 13.4. The molecule has 0 atom stereocenters. The number of benzene rings is 1. The molecule has 5 nitrogen and oxygen atoms in total. The molecule has 2 aromatic rings. The molecular weight excluding hydrogens is 248 g/mol. The molecule has 0 fully saturated rings. The Kier molecular flexibility index (Phi) is 2.97. The van der Waals surface area contributed by atoms with Crippen molar-refractivity contribution in [2.24, 2.45) is 5.73 Å². The molecule has 0 radical (unpaired) electrons. The van der Waals surface area contributed by atoms with Crippen LogP contribution in [0.25, 0.3) is 11.0 Å². The molecule has 1 heterocycles. The fraction of sp³-hybridized carbons (Fsp3) is 0.0909. The van der Waals surface area contributed by atoms with Crippen LogP contribution in [0.15, 0.2) is 16.5 Å². The molecule has 1 aromatic carbocycles. The standard InChI is InChI=1S/C11H7F2NO4/c12-8-1-5(3-15)10-7(9(8)13)2-6(18-10)4-17-11(14)16/h1-3H,4H2,(H2,14,16). The van der Waals surface area contributed by atoms with Crippen LogP contribution in [0.2, 0.25) is 0 Å². The van der Waals surface area contributed by atoms with Crippen LogP contribution in [0.5, 0.6) is 0 Å². The fourth-order valence-electron chi connectivity index (χ4n) is 1.51. The first-order chi connectivity index (χ1) is 8.52. The van der Waals surface area contributed by atoms with E-state index in [1.165, 1.54) is 0 Å². The van der Waals surface area contributed by atoms with Gasteiger partial charge in [0.2, 0.25) is 0 Å². The largest absolute Gasteiger partial charge is 0.457 e. The Balaban J connectivity index is 2.52. The average molecular weight is 255 g/mol. The second-order valence-electron chi connectivity index (χ2n) is 3.44. The van der Waals surface area contributed by atoms with Crippen molar-refractivity contribution in [1.29, 1.82) is 0 Å². The Morgan fingerprint density at radius 2 is 2.17 bits per heavy atom. The minimum absolute atomic E-state index is 0.0522. The van der Waals surface area contributed by atoms with Crippen molar-refractivity contribution < 1.29 is 27.5 Å². The van der Waals surface area contributed by atoms with Gasteiger partial charge in [0.25, 0.3) is 0 Å². The molecule has 1 amide bonds. The smallest absolute Gasteiger partial charge is 0.404 e. The number of halogens is 2. The van der Waals surface area contributed by atoms with Crippen LogP contribution in [-0.2, 0) is 11.3 Å². The lowest BCUT2D eigenvalue weighted by Gasteiger charge is -1.97. The average Bonchev–Trinajstić information content (AvgIpc) is 2.75. The number of furan rings is 1. The van der Waals surface area contributed by atoms with E-state index in [0.717, 1.165) is 12.1 Å². The normalized spacial score (nSPS) is 10.6. The summed E-state index contributed by atoms with van der Waals surface area (Å²) in [6.45, 7) is -0.330. The second-order valence-corrected chi connectivity index (χ2v) is 3.44. The molecule has 0 aliphatic rings. The lowest BCUT2D eigenvalue weighted by Crippen LogP contribution is -2.12. The Bertz CT molecular complexity index is 635. The van der Waals surface area contributed by atoms with E-state index in [1.54, 1.807) is 0 Å². The van der Waals surface area contributed by atoms with Crippen molar-refractivity contribution in [3.8, 4) is 0 Å². The van der Waals surface area contributed by atoms with Gasteiger partial charge in [-0.25, -0.2) is 13.6 Å². The highest BCUT2D eigenvalue weighted by molar-refractivity contribution is 5.95. The predicted molar refractivity (Wildman–Crippen MR) is 55.9 cm³/mol. The first-order valence-corrected chi connectivity index (χ1v) is 4.80. The van der Waals surface area contributed by atoms with Crippen molar-refractivity contribution in [3.05, 3.63) is 35.1 Å². The highest BCUT2D eigenvalue weighted by Gasteiger charge is 2.17. The number of hydrogen-bond donors (Lipinski definition) is 1. The summed E-state index contributed by atoms with van der Waals surface area (Å²) in [6.07, 6.45) is -0.690. The van der Waals surface area contributed by atoms with Crippen molar-refractivity contribution in [2.45, 2.75) is 6.61 Å². The molecule has 94 valence electrons. The number of ether oxygens (including phenoxy) is 1. The molecule has 2 rings (SSSR count).